The lowest BCUT2D eigenvalue weighted by atomic mass is 9.78. The molecule has 0 bridgehead atoms. The topological polar surface area (TPSA) is 61.6 Å². The lowest BCUT2D eigenvalue weighted by Gasteiger charge is -2.39. The van der Waals surface area contributed by atoms with Crippen molar-refractivity contribution in [2.45, 2.75) is 12.8 Å². The fourth-order valence-corrected chi connectivity index (χ4v) is 2.50. The molecule has 1 aromatic carbocycles. The molecule has 4 nitrogen and oxygen atoms in total. The van der Waals surface area contributed by atoms with Gasteiger partial charge in [-0.1, -0.05) is 0 Å². The Morgan fingerprint density at radius 3 is 2.89 bits per heavy atom. The monoisotopic (exact) mass is 247 g/mol. The van der Waals surface area contributed by atoms with Crippen LogP contribution in [0.2, 0.25) is 0 Å². The van der Waals surface area contributed by atoms with Gasteiger partial charge in [-0.2, -0.15) is 0 Å². The smallest absolute Gasteiger partial charge is 0.174 e. The van der Waals surface area contributed by atoms with Crippen molar-refractivity contribution in [3.63, 3.8) is 0 Å². The van der Waals surface area contributed by atoms with Gasteiger partial charge >= 0.3 is 0 Å². The number of hydrogen-bond acceptors (Lipinski definition) is 4. The number of Topliss-reactive ketones (excluding diaryl/α,β-unsaturated/α-hetero) is 1. The summed E-state index contributed by atoms with van der Waals surface area (Å²) < 4.78 is 10.7. The molecule has 96 valence electrons. The van der Waals surface area contributed by atoms with Gasteiger partial charge in [-0.25, -0.2) is 0 Å². The minimum absolute atomic E-state index is 0.102. The molecule has 0 aliphatic carbocycles. The zero-order chi connectivity index (χ0) is 12.6. The lowest BCUT2D eigenvalue weighted by Crippen LogP contribution is -2.54. The number of carbonyl (C=O) groups excluding carboxylic acids is 1. The van der Waals surface area contributed by atoms with Gasteiger partial charge in [0.05, 0.1) is 25.2 Å². The Morgan fingerprint density at radius 1 is 1.39 bits per heavy atom. The average Bonchev–Trinajstić information content (AvgIpc) is 2.37. The fourth-order valence-electron chi connectivity index (χ4n) is 2.50. The first kappa shape index (κ1) is 11.7. The first-order chi connectivity index (χ1) is 8.75. The number of ketones is 1. The molecule has 1 fully saturated rings. The Hall–Kier alpha value is -1.39. The molecule has 1 aromatic rings. The van der Waals surface area contributed by atoms with Crippen molar-refractivity contribution >= 4 is 5.78 Å². The molecule has 2 N–H and O–H groups in total. The second kappa shape index (κ2) is 4.37. The molecule has 0 spiro atoms. The summed E-state index contributed by atoms with van der Waals surface area (Å²) in [4.78, 5) is 12.5. The quantitative estimate of drug-likeness (QED) is 0.814. The Kier molecular flexibility index (Phi) is 2.84. The number of ether oxygens (including phenoxy) is 2. The zero-order valence-corrected chi connectivity index (χ0v) is 10.3. The van der Waals surface area contributed by atoms with E-state index in [0.717, 1.165) is 36.3 Å². The van der Waals surface area contributed by atoms with Crippen LogP contribution < -0.4 is 10.5 Å². The SMILES string of the molecule is NCC1(C(=O)c2ccc3c(c2)CCCO3)COC1. The Balaban J connectivity index is 1.90. The van der Waals surface area contributed by atoms with Crippen LogP contribution in [0.4, 0.5) is 0 Å². The van der Waals surface area contributed by atoms with Crippen molar-refractivity contribution in [2.75, 3.05) is 26.4 Å². The number of fused-ring (bicyclic) bond motifs is 1. The molecule has 0 amide bonds. The predicted octanol–water partition coefficient (Wildman–Crippen LogP) is 1.17. The van der Waals surface area contributed by atoms with Gasteiger partial charge in [-0.3, -0.25) is 4.79 Å². The molecule has 18 heavy (non-hydrogen) atoms. The summed E-state index contributed by atoms with van der Waals surface area (Å²) in [6.07, 6.45) is 1.98. The highest BCUT2D eigenvalue weighted by atomic mass is 16.5. The molecular weight excluding hydrogens is 230 g/mol. The van der Waals surface area contributed by atoms with Gasteiger partial charge in [-0.15, -0.1) is 0 Å². The van der Waals surface area contributed by atoms with Gasteiger partial charge in [0.2, 0.25) is 0 Å². The van der Waals surface area contributed by atoms with Crippen molar-refractivity contribution in [1.29, 1.82) is 0 Å². The molecule has 0 atom stereocenters. The lowest BCUT2D eigenvalue weighted by molar-refractivity contribution is -0.0816. The number of nitrogens with two attached hydrogens (primary N) is 1. The van der Waals surface area contributed by atoms with E-state index in [2.05, 4.69) is 0 Å². The van der Waals surface area contributed by atoms with E-state index in [0.29, 0.717) is 19.8 Å². The van der Waals surface area contributed by atoms with Crippen LogP contribution in [0.15, 0.2) is 18.2 Å². The fraction of sp³-hybridized carbons (Fsp3) is 0.500. The predicted molar refractivity (Wildman–Crippen MR) is 66.9 cm³/mol. The Morgan fingerprint density at radius 2 is 2.22 bits per heavy atom. The van der Waals surface area contributed by atoms with Crippen LogP contribution in [-0.4, -0.2) is 32.1 Å². The molecule has 0 unspecified atom stereocenters. The van der Waals surface area contributed by atoms with E-state index in [4.69, 9.17) is 15.2 Å². The summed E-state index contributed by atoms with van der Waals surface area (Å²) >= 11 is 0. The average molecular weight is 247 g/mol. The number of hydrogen-bond donors (Lipinski definition) is 1. The Labute approximate surface area is 106 Å². The third kappa shape index (κ3) is 1.72. The minimum atomic E-state index is -0.496. The van der Waals surface area contributed by atoms with Gasteiger partial charge in [0.15, 0.2) is 5.78 Å². The standard InChI is InChI=1S/C14H17NO3/c15-7-14(8-17-9-14)13(16)11-3-4-12-10(6-11)2-1-5-18-12/h3-4,6H,1-2,5,7-9,15H2. The minimum Gasteiger partial charge on any atom is -0.493 e. The molecule has 0 saturated carbocycles. The van der Waals surface area contributed by atoms with Crippen molar-refractivity contribution in [2.24, 2.45) is 11.1 Å². The molecule has 0 aromatic heterocycles. The van der Waals surface area contributed by atoms with Crippen LogP contribution in [0.5, 0.6) is 5.75 Å². The van der Waals surface area contributed by atoms with Crippen molar-refractivity contribution in [1.82, 2.24) is 0 Å². The summed E-state index contributed by atoms with van der Waals surface area (Å²) in [5.74, 6) is 1.01. The van der Waals surface area contributed by atoms with Crippen LogP contribution in [0.1, 0.15) is 22.3 Å². The molecule has 0 radical (unpaired) electrons. The van der Waals surface area contributed by atoms with E-state index in [1.54, 1.807) is 0 Å². The van der Waals surface area contributed by atoms with Crippen molar-refractivity contribution in [3.05, 3.63) is 29.3 Å². The van der Waals surface area contributed by atoms with E-state index in [1.165, 1.54) is 0 Å². The summed E-state index contributed by atoms with van der Waals surface area (Å²) in [7, 11) is 0. The van der Waals surface area contributed by atoms with E-state index < -0.39 is 5.41 Å². The largest absolute Gasteiger partial charge is 0.493 e. The first-order valence-corrected chi connectivity index (χ1v) is 6.33. The van der Waals surface area contributed by atoms with Crippen LogP contribution in [-0.2, 0) is 11.2 Å². The van der Waals surface area contributed by atoms with Crippen LogP contribution in [0.3, 0.4) is 0 Å². The normalized spacial score (nSPS) is 20.5. The number of carbonyl (C=O) groups is 1. The molecular formula is C14H17NO3. The van der Waals surface area contributed by atoms with E-state index in [9.17, 15) is 4.79 Å². The molecule has 2 heterocycles. The van der Waals surface area contributed by atoms with Gasteiger partial charge in [0.25, 0.3) is 0 Å². The van der Waals surface area contributed by atoms with Gasteiger partial charge < -0.3 is 15.2 Å². The first-order valence-electron chi connectivity index (χ1n) is 6.33. The molecule has 1 saturated heterocycles. The van der Waals surface area contributed by atoms with Crippen molar-refractivity contribution < 1.29 is 14.3 Å². The summed E-state index contributed by atoms with van der Waals surface area (Å²) in [6.45, 7) is 1.99. The van der Waals surface area contributed by atoms with Gasteiger partial charge in [0, 0.05) is 12.1 Å². The molecule has 2 aliphatic heterocycles. The summed E-state index contributed by atoms with van der Waals surface area (Å²) in [6, 6.07) is 5.68. The van der Waals surface area contributed by atoms with Crippen LogP contribution >= 0.6 is 0 Å². The number of benzene rings is 1. The highest BCUT2D eigenvalue weighted by Crippen LogP contribution is 2.33. The van der Waals surface area contributed by atoms with Crippen molar-refractivity contribution in [3.8, 4) is 5.75 Å². The maximum atomic E-state index is 12.5. The Bertz CT molecular complexity index is 474. The molecule has 2 aliphatic rings. The third-order valence-corrected chi connectivity index (χ3v) is 3.80. The summed E-state index contributed by atoms with van der Waals surface area (Å²) in [5.41, 5.74) is 7.08. The van der Waals surface area contributed by atoms with E-state index in [1.807, 2.05) is 18.2 Å². The number of rotatable bonds is 3. The maximum Gasteiger partial charge on any atom is 0.174 e. The second-order valence-electron chi connectivity index (χ2n) is 5.08. The van der Waals surface area contributed by atoms with Crippen LogP contribution in [0, 0.1) is 5.41 Å². The van der Waals surface area contributed by atoms with Gasteiger partial charge in [-0.05, 0) is 36.6 Å². The third-order valence-electron chi connectivity index (χ3n) is 3.80. The van der Waals surface area contributed by atoms with Gasteiger partial charge in [0.1, 0.15) is 5.75 Å². The maximum absolute atomic E-state index is 12.5. The van der Waals surface area contributed by atoms with E-state index in [-0.39, 0.29) is 5.78 Å². The van der Waals surface area contributed by atoms with E-state index >= 15 is 0 Å². The second-order valence-corrected chi connectivity index (χ2v) is 5.08. The van der Waals surface area contributed by atoms with Crippen LogP contribution in [0.25, 0.3) is 0 Å². The highest BCUT2D eigenvalue weighted by molar-refractivity contribution is 6.01. The zero-order valence-electron chi connectivity index (χ0n) is 10.3. The molecule has 3 rings (SSSR count). The number of aryl methyl sites for hydroxylation is 1. The summed E-state index contributed by atoms with van der Waals surface area (Å²) in [5, 5.41) is 0. The highest BCUT2D eigenvalue weighted by Gasteiger charge is 2.44. The molecule has 4 heteroatoms.